The molecule has 0 bridgehead atoms. The van der Waals surface area contributed by atoms with Gasteiger partial charge in [-0.15, -0.1) is 10.2 Å². The van der Waals surface area contributed by atoms with Crippen LogP contribution in [0.2, 0.25) is 0 Å². The Hall–Kier alpha value is -2.55. The fourth-order valence-corrected chi connectivity index (χ4v) is 2.50. The first kappa shape index (κ1) is 17.8. The average molecular weight is 350 g/mol. The molecular formula is C15H18N4O4S. The van der Waals surface area contributed by atoms with Gasteiger partial charge in [-0.05, 0) is 37.1 Å². The first-order valence-corrected chi connectivity index (χ1v) is 8.04. The van der Waals surface area contributed by atoms with Gasteiger partial charge in [-0.3, -0.25) is 4.79 Å². The fraction of sp³-hybridized carbons (Fsp3) is 0.333. The summed E-state index contributed by atoms with van der Waals surface area (Å²) in [6.45, 7) is 3.99. The minimum Gasteiger partial charge on any atom is -0.497 e. The van der Waals surface area contributed by atoms with Crippen LogP contribution < -0.4 is 16.1 Å². The maximum atomic E-state index is 12.4. The number of nitrogens with zero attached hydrogens (tertiary/aromatic N) is 3. The number of carbonyl (C=O) groups is 1. The second-order valence-corrected chi connectivity index (χ2v) is 5.79. The molecule has 2 N–H and O–H groups in total. The maximum Gasteiger partial charge on any atom is 0.375 e. The van der Waals surface area contributed by atoms with Gasteiger partial charge in [-0.1, -0.05) is 6.92 Å². The molecule has 0 spiro atoms. The Bertz CT molecular complexity index is 807. The van der Waals surface area contributed by atoms with Crippen LogP contribution in [0.5, 0.6) is 5.75 Å². The highest BCUT2D eigenvalue weighted by Crippen LogP contribution is 2.24. The van der Waals surface area contributed by atoms with Crippen LogP contribution in [-0.2, 0) is 4.74 Å². The van der Waals surface area contributed by atoms with E-state index in [0.29, 0.717) is 29.5 Å². The number of nitrogen functional groups attached to an aromatic ring is 1. The zero-order chi connectivity index (χ0) is 17.7. The van der Waals surface area contributed by atoms with E-state index in [1.807, 2.05) is 13.8 Å². The number of ether oxygens (including phenoxy) is 2. The lowest BCUT2D eigenvalue weighted by atomic mass is 10.1. The molecule has 0 unspecified atom stereocenters. The molecule has 0 radical (unpaired) electrons. The van der Waals surface area contributed by atoms with Crippen LogP contribution in [-0.4, -0.2) is 33.9 Å². The normalized spacial score (nSPS) is 10.5. The summed E-state index contributed by atoms with van der Waals surface area (Å²) >= 11 is 0.622. The lowest BCUT2D eigenvalue weighted by Crippen LogP contribution is -2.32. The second-order valence-electron chi connectivity index (χ2n) is 4.89. The van der Waals surface area contributed by atoms with Gasteiger partial charge in [0.2, 0.25) is 5.16 Å². The molecule has 2 rings (SSSR count). The van der Waals surface area contributed by atoms with Crippen molar-refractivity contribution in [1.29, 1.82) is 0 Å². The van der Waals surface area contributed by atoms with E-state index in [2.05, 4.69) is 10.2 Å². The SMILES string of the molecule is CCCOC(=O)Sc1nnc(-c2ccc(OC)cc2C)c(=O)n1N. The summed E-state index contributed by atoms with van der Waals surface area (Å²) in [6.07, 6.45) is 0.698. The minimum atomic E-state index is -0.585. The number of aryl methyl sites for hydroxylation is 1. The van der Waals surface area contributed by atoms with Gasteiger partial charge < -0.3 is 15.3 Å². The third kappa shape index (κ3) is 3.85. The van der Waals surface area contributed by atoms with E-state index in [-0.39, 0.29) is 17.5 Å². The molecule has 0 aliphatic carbocycles. The van der Waals surface area contributed by atoms with E-state index in [0.717, 1.165) is 10.2 Å². The van der Waals surface area contributed by atoms with Gasteiger partial charge in [0.15, 0.2) is 5.69 Å². The van der Waals surface area contributed by atoms with E-state index in [1.165, 1.54) is 0 Å². The van der Waals surface area contributed by atoms with E-state index in [9.17, 15) is 9.59 Å². The van der Waals surface area contributed by atoms with Crippen molar-refractivity contribution in [2.45, 2.75) is 25.4 Å². The monoisotopic (exact) mass is 350 g/mol. The topological polar surface area (TPSA) is 109 Å². The standard InChI is InChI=1S/C15H18N4O4S/c1-4-7-23-15(21)24-14-18-17-12(13(20)19(14)16)11-6-5-10(22-3)8-9(11)2/h5-6,8H,4,7,16H2,1-3H3. The van der Waals surface area contributed by atoms with Gasteiger partial charge in [0.05, 0.1) is 13.7 Å². The summed E-state index contributed by atoms with van der Waals surface area (Å²) in [5, 5.41) is 7.18. The minimum absolute atomic E-state index is 0.0315. The Morgan fingerprint density at radius 2 is 2.12 bits per heavy atom. The Kier molecular flexibility index (Phi) is 5.80. The summed E-state index contributed by atoms with van der Waals surface area (Å²) < 4.78 is 10.9. The molecule has 0 fully saturated rings. The number of carbonyl (C=O) groups excluding carboxylic acids is 1. The summed E-state index contributed by atoms with van der Waals surface area (Å²) in [5.41, 5.74) is 0.939. The molecule has 2 aromatic rings. The van der Waals surface area contributed by atoms with Crippen molar-refractivity contribution in [3.63, 3.8) is 0 Å². The predicted molar refractivity (Wildman–Crippen MR) is 90.7 cm³/mol. The molecule has 1 heterocycles. The van der Waals surface area contributed by atoms with Crippen molar-refractivity contribution in [1.82, 2.24) is 14.9 Å². The number of aromatic nitrogens is 3. The Morgan fingerprint density at radius 3 is 2.75 bits per heavy atom. The number of hydrogen-bond donors (Lipinski definition) is 1. The van der Waals surface area contributed by atoms with Crippen molar-refractivity contribution >= 4 is 17.1 Å². The van der Waals surface area contributed by atoms with E-state index >= 15 is 0 Å². The second kappa shape index (κ2) is 7.82. The van der Waals surface area contributed by atoms with Crippen molar-refractivity contribution in [3.8, 4) is 17.0 Å². The number of benzene rings is 1. The maximum absolute atomic E-state index is 12.4. The van der Waals surface area contributed by atoms with Crippen LogP contribution in [0.25, 0.3) is 11.3 Å². The van der Waals surface area contributed by atoms with Crippen LogP contribution >= 0.6 is 11.8 Å². The highest BCUT2D eigenvalue weighted by Gasteiger charge is 2.17. The third-order valence-corrected chi connectivity index (χ3v) is 3.90. The largest absolute Gasteiger partial charge is 0.497 e. The van der Waals surface area contributed by atoms with Gasteiger partial charge in [0.25, 0.3) is 5.56 Å². The van der Waals surface area contributed by atoms with Crippen LogP contribution in [0, 0.1) is 6.92 Å². The molecule has 0 atom stereocenters. The van der Waals surface area contributed by atoms with E-state index in [4.69, 9.17) is 15.3 Å². The molecule has 0 aliphatic rings. The smallest absolute Gasteiger partial charge is 0.375 e. The number of thioether (sulfide) groups is 1. The Balaban J connectivity index is 2.33. The first-order chi connectivity index (χ1) is 11.5. The van der Waals surface area contributed by atoms with E-state index in [1.54, 1.807) is 25.3 Å². The first-order valence-electron chi connectivity index (χ1n) is 7.22. The number of rotatable bonds is 5. The lowest BCUT2D eigenvalue weighted by Gasteiger charge is -2.09. The quantitative estimate of drug-likeness (QED) is 0.495. The summed E-state index contributed by atoms with van der Waals surface area (Å²) in [6, 6.07) is 5.21. The van der Waals surface area contributed by atoms with Crippen molar-refractivity contribution in [2.75, 3.05) is 19.6 Å². The fourth-order valence-electron chi connectivity index (χ4n) is 1.94. The number of hydrogen-bond acceptors (Lipinski definition) is 8. The number of nitrogens with two attached hydrogens (primary N) is 1. The predicted octanol–water partition coefficient (Wildman–Crippen LogP) is 1.97. The molecule has 1 aromatic carbocycles. The molecule has 24 heavy (non-hydrogen) atoms. The van der Waals surface area contributed by atoms with Crippen LogP contribution in [0.3, 0.4) is 0 Å². The summed E-state index contributed by atoms with van der Waals surface area (Å²) in [4.78, 5) is 24.0. The Morgan fingerprint density at radius 1 is 1.38 bits per heavy atom. The molecule has 0 aliphatic heterocycles. The molecule has 0 saturated carbocycles. The van der Waals surface area contributed by atoms with Gasteiger partial charge in [0.1, 0.15) is 5.75 Å². The molecule has 0 amide bonds. The van der Waals surface area contributed by atoms with Crippen molar-refractivity contribution in [3.05, 3.63) is 34.1 Å². The highest BCUT2D eigenvalue weighted by molar-refractivity contribution is 8.13. The molecule has 9 heteroatoms. The molecular weight excluding hydrogens is 332 g/mol. The van der Waals surface area contributed by atoms with E-state index < -0.39 is 10.9 Å². The summed E-state index contributed by atoms with van der Waals surface area (Å²) in [7, 11) is 1.56. The summed E-state index contributed by atoms with van der Waals surface area (Å²) in [5.74, 6) is 6.42. The van der Waals surface area contributed by atoms with Gasteiger partial charge in [-0.2, -0.15) is 4.68 Å². The molecule has 0 saturated heterocycles. The van der Waals surface area contributed by atoms with Crippen LogP contribution in [0.15, 0.2) is 28.2 Å². The zero-order valence-electron chi connectivity index (χ0n) is 13.6. The zero-order valence-corrected chi connectivity index (χ0v) is 14.4. The highest BCUT2D eigenvalue weighted by atomic mass is 32.2. The van der Waals surface area contributed by atoms with Crippen molar-refractivity contribution < 1.29 is 14.3 Å². The molecule has 8 nitrogen and oxygen atoms in total. The molecule has 128 valence electrons. The molecule has 1 aromatic heterocycles. The van der Waals surface area contributed by atoms with Gasteiger partial charge >= 0.3 is 5.30 Å². The van der Waals surface area contributed by atoms with Gasteiger partial charge in [0, 0.05) is 17.3 Å². The average Bonchev–Trinajstić information content (AvgIpc) is 2.58. The van der Waals surface area contributed by atoms with Gasteiger partial charge in [-0.25, -0.2) is 4.79 Å². The Labute approximate surface area is 142 Å². The third-order valence-electron chi connectivity index (χ3n) is 3.15. The van der Waals surface area contributed by atoms with Crippen molar-refractivity contribution in [2.24, 2.45) is 0 Å². The number of methoxy groups -OCH3 is 1. The van der Waals surface area contributed by atoms with Crippen LogP contribution in [0.1, 0.15) is 18.9 Å². The van der Waals surface area contributed by atoms with Crippen LogP contribution in [0.4, 0.5) is 4.79 Å². The lowest BCUT2D eigenvalue weighted by molar-refractivity contribution is 0.175.